The minimum absolute atomic E-state index is 0.580. The van der Waals surface area contributed by atoms with Crippen LogP contribution in [0.4, 0.5) is 0 Å². The van der Waals surface area contributed by atoms with Gasteiger partial charge in [0.1, 0.15) is 11.8 Å². The molecule has 84 valence electrons. The molecule has 0 saturated heterocycles. The summed E-state index contributed by atoms with van der Waals surface area (Å²) in [6.45, 7) is 2.60. The van der Waals surface area contributed by atoms with Gasteiger partial charge in [-0.05, 0) is 30.7 Å². The SMILES string of the molecule is CCOc1ccc(-c2ccncc2C#N)cc1. The Balaban J connectivity index is 2.37. The highest BCUT2D eigenvalue weighted by Gasteiger charge is 2.04. The Morgan fingerprint density at radius 2 is 2.00 bits per heavy atom. The smallest absolute Gasteiger partial charge is 0.119 e. The van der Waals surface area contributed by atoms with E-state index in [0.717, 1.165) is 16.9 Å². The summed E-state index contributed by atoms with van der Waals surface area (Å²) in [5, 5.41) is 9.00. The number of pyridine rings is 1. The minimum atomic E-state index is 0.580. The predicted molar refractivity (Wildman–Crippen MR) is 65.6 cm³/mol. The Morgan fingerprint density at radius 3 is 2.65 bits per heavy atom. The predicted octanol–water partition coefficient (Wildman–Crippen LogP) is 3.02. The maximum atomic E-state index is 9.00. The molecule has 0 radical (unpaired) electrons. The van der Waals surface area contributed by atoms with Crippen LogP contribution in [0.3, 0.4) is 0 Å². The number of nitriles is 1. The van der Waals surface area contributed by atoms with Crippen molar-refractivity contribution < 1.29 is 4.74 Å². The van der Waals surface area contributed by atoms with Gasteiger partial charge in [-0.3, -0.25) is 4.98 Å². The number of benzene rings is 1. The van der Waals surface area contributed by atoms with Crippen molar-refractivity contribution in [1.29, 1.82) is 5.26 Å². The fourth-order valence-electron chi connectivity index (χ4n) is 1.63. The van der Waals surface area contributed by atoms with Crippen LogP contribution in [0.15, 0.2) is 42.7 Å². The van der Waals surface area contributed by atoms with Crippen LogP contribution < -0.4 is 4.74 Å². The van der Waals surface area contributed by atoms with E-state index in [1.807, 2.05) is 37.3 Å². The molecule has 0 aliphatic carbocycles. The molecule has 0 saturated carbocycles. The summed E-state index contributed by atoms with van der Waals surface area (Å²) in [7, 11) is 0. The van der Waals surface area contributed by atoms with E-state index in [1.54, 1.807) is 12.4 Å². The number of ether oxygens (including phenoxy) is 1. The lowest BCUT2D eigenvalue weighted by Crippen LogP contribution is -1.91. The van der Waals surface area contributed by atoms with Crippen molar-refractivity contribution in [3.05, 3.63) is 48.3 Å². The van der Waals surface area contributed by atoms with E-state index in [0.29, 0.717) is 12.2 Å². The normalized spacial score (nSPS) is 9.65. The van der Waals surface area contributed by atoms with E-state index in [2.05, 4.69) is 11.1 Å². The maximum Gasteiger partial charge on any atom is 0.119 e. The zero-order valence-electron chi connectivity index (χ0n) is 9.55. The molecule has 3 heteroatoms. The average Bonchev–Trinajstić information content (AvgIpc) is 2.40. The van der Waals surface area contributed by atoms with E-state index < -0.39 is 0 Å². The Hall–Kier alpha value is -2.34. The molecule has 2 rings (SSSR count). The zero-order chi connectivity index (χ0) is 12.1. The summed E-state index contributed by atoms with van der Waals surface area (Å²) in [6, 6.07) is 11.7. The van der Waals surface area contributed by atoms with Crippen LogP contribution in [0.2, 0.25) is 0 Å². The van der Waals surface area contributed by atoms with Gasteiger partial charge in [0, 0.05) is 18.0 Å². The highest BCUT2D eigenvalue weighted by Crippen LogP contribution is 2.24. The third-order valence-electron chi connectivity index (χ3n) is 2.42. The number of aromatic nitrogens is 1. The lowest BCUT2D eigenvalue weighted by atomic mass is 10.0. The van der Waals surface area contributed by atoms with Crippen LogP contribution in [0, 0.1) is 11.3 Å². The summed E-state index contributed by atoms with van der Waals surface area (Å²) < 4.78 is 5.38. The van der Waals surface area contributed by atoms with Gasteiger partial charge in [-0.15, -0.1) is 0 Å². The van der Waals surface area contributed by atoms with Crippen LogP contribution >= 0.6 is 0 Å². The number of hydrogen-bond donors (Lipinski definition) is 0. The molecule has 0 bridgehead atoms. The first kappa shape index (κ1) is 11.2. The molecular weight excluding hydrogens is 212 g/mol. The van der Waals surface area contributed by atoms with Crippen LogP contribution in [-0.4, -0.2) is 11.6 Å². The molecule has 0 unspecified atom stereocenters. The third kappa shape index (κ3) is 2.43. The van der Waals surface area contributed by atoms with Gasteiger partial charge in [0.15, 0.2) is 0 Å². The minimum Gasteiger partial charge on any atom is -0.494 e. The van der Waals surface area contributed by atoms with Crippen LogP contribution in [0.5, 0.6) is 5.75 Å². The largest absolute Gasteiger partial charge is 0.494 e. The Bertz CT molecular complexity index is 541. The van der Waals surface area contributed by atoms with Crippen molar-refractivity contribution in [2.75, 3.05) is 6.61 Å². The van der Waals surface area contributed by atoms with E-state index >= 15 is 0 Å². The summed E-state index contributed by atoms with van der Waals surface area (Å²) in [5.41, 5.74) is 2.47. The Labute approximate surface area is 100 Å². The molecule has 1 aromatic heterocycles. The maximum absolute atomic E-state index is 9.00. The first-order valence-electron chi connectivity index (χ1n) is 5.42. The molecule has 17 heavy (non-hydrogen) atoms. The van der Waals surface area contributed by atoms with Gasteiger partial charge in [0.2, 0.25) is 0 Å². The van der Waals surface area contributed by atoms with Gasteiger partial charge in [0.25, 0.3) is 0 Å². The van der Waals surface area contributed by atoms with Crippen molar-refractivity contribution in [1.82, 2.24) is 4.98 Å². The second-order valence-corrected chi connectivity index (χ2v) is 3.49. The zero-order valence-corrected chi connectivity index (χ0v) is 9.55. The molecule has 0 spiro atoms. The van der Waals surface area contributed by atoms with Crippen LogP contribution in [-0.2, 0) is 0 Å². The van der Waals surface area contributed by atoms with Crippen molar-refractivity contribution in [3.63, 3.8) is 0 Å². The number of hydrogen-bond acceptors (Lipinski definition) is 3. The first-order chi connectivity index (χ1) is 8.35. The van der Waals surface area contributed by atoms with Gasteiger partial charge in [-0.1, -0.05) is 12.1 Å². The quantitative estimate of drug-likeness (QED) is 0.805. The molecule has 0 amide bonds. The summed E-state index contributed by atoms with van der Waals surface area (Å²) in [5.74, 6) is 0.837. The van der Waals surface area contributed by atoms with Gasteiger partial charge in [-0.2, -0.15) is 5.26 Å². The van der Waals surface area contributed by atoms with Gasteiger partial charge in [0.05, 0.1) is 12.2 Å². The molecule has 0 fully saturated rings. The molecule has 0 aliphatic rings. The molecule has 0 atom stereocenters. The summed E-state index contributed by atoms with van der Waals surface area (Å²) in [4.78, 5) is 3.94. The van der Waals surface area contributed by atoms with Crippen molar-refractivity contribution in [2.24, 2.45) is 0 Å². The fourth-order valence-corrected chi connectivity index (χ4v) is 1.63. The molecule has 1 aromatic carbocycles. The first-order valence-corrected chi connectivity index (χ1v) is 5.42. The highest BCUT2D eigenvalue weighted by molar-refractivity contribution is 5.70. The van der Waals surface area contributed by atoms with Crippen molar-refractivity contribution in [2.45, 2.75) is 6.92 Å². The molecule has 3 nitrogen and oxygen atoms in total. The lowest BCUT2D eigenvalue weighted by Gasteiger charge is -2.06. The van der Waals surface area contributed by atoms with Crippen LogP contribution in [0.25, 0.3) is 11.1 Å². The second kappa shape index (κ2) is 5.13. The third-order valence-corrected chi connectivity index (χ3v) is 2.42. The standard InChI is InChI=1S/C14H12N2O/c1-2-17-13-5-3-11(4-6-13)14-7-8-16-10-12(14)9-15/h3-8,10H,2H2,1H3. The fraction of sp³-hybridized carbons (Fsp3) is 0.143. The monoisotopic (exact) mass is 224 g/mol. The van der Waals surface area contributed by atoms with E-state index in [-0.39, 0.29) is 0 Å². The topological polar surface area (TPSA) is 45.9 Å². The lowest BCUT2D eigenvalue weighted by molar-refractivity contribution is 0.340. The number of rotatable bonds is 3. The molecule has 0 N–H and O–H groups in total. The average molecular weight is 224 g/mol. The van der Waals surface area contributed by atoms with Crippen LogP contribution in [0.1, 0.15) is 12.5 Å². The highest BCUT2D eigenvalue weighted by atomic mass is 16.5. The van der Waals surface area contributed by atoms with Gasteiger partial charge >= 0.3 is 0 Å². The van der Waals surface area contributed by atoms with E-state index in [4.69, 9.17) is 10.00 Å². The number of nitrogens with zero attached hydrogens (tertiary/aromatic N) is 2. The van der Waals surface area contributed by atoms with Crippen molar-refractivity contribution in [3.8, 4) is 22.9 Å². The molecule has 1 heterocycles. The molecule has 0 aliphatic heterocycles. The van der Waals surface area contributed by atoms with E-state index in [1.165, 1.54) is 0 Å². The van der Waals surface area contributed by atoms with Gasteiger partial charge in [-0.25, -0.2) is 0 Å². The van der Waals surface area contributed by atoms with Crippen molar-refractivity contribution >= 4 is 0 Å². The summed E-state index contributed by atoms with van der Waals surface area (Å²) >= 11 is 0. The Kier molecular flexibility index (Phi) is 3.37. The van der Waals surface area contributed by atoms with Gasteiger partial charge < -0.3 is 4.74 Å². The second-order valence-electron chi connectivity index (χ2n) is 3.49. The Morgan fingerprint density at radius 1 is 1.24 bits per heavy atom. The van der Waals surface area contributed by atoms with E-state index in [9.17, 15) is 0 Å². The summed E-state index contributed by atoms with van der Waals surface area (Å²) in [6.07, 6.45) is 3.26. The molecule has 2 aromatic rings. The molecular formula is C14H12N2O.